The van der Waals surface area contributed by atoms with E-state index < -0.39 is 0 Å². The van der Waals surface area contributed by atoms with Crippen LogP contribution in [-0.2, 0) is 0 Å². The Bertz CT molecular complexity index is 624. The molecule has 5 nitrogen and oxygen atoms in total. The van der Waals surface area contributed by atoms with E-state index in [0.29, 0.717) is 10.2 Å². The van der Waals surface area contributed by atoms with Gasteiger partial charge in [0.1, 0.15) is 5.82 Å². The first-order valence-corrected chi connectivity index (χ1v) is 7.92. The molecule has 3 heterocycles. The Morgan fingerprint density at radius 3 is 2.05 bits per heavy atom. The maximum atomic E-state index is 6.04. The first kappa shape index (κ1) is 15.3. The van der Waals surface area contributed by atoms with E-state index in [1.165, 1.54) is 0 Å². The monoisotopic (exact) mass is 337 g/mol. The summed E-state index contributed by atoms with van der Waals surface area (Å²) < 4.78 is 0. The molecule has 7 heteroatoms. The fourth-order valence-corrected chi connectivity index (χ4v) is 2.67. The Labute approximate surface area is 139 Å². The standard InChI is InChI=1S/C15H17Cl2N5/c1-10-7-13(18-9-12(10)16)21-3-5-22(6-4-21)14-8-11(2)15(17)20-19-14/h7-9H,3-6H2,1-2H3. The number of aryl methyl sites for hydroxylation is 2. The smallest absolute Gasteiger partial charge is 0.154 e. The zero-order valence-corrected chi connectivity index (χ0v) is 14.1. The van der Waals surface area contributed by atoms with E-state index in [4.69, 9.17) is 23.2 Å². The number of hydrogen-bond acceptors (Lipinski definition) is 5. The molecule has 1 fully saturated rings. The third-order valence-electron chi connectivity index (χ3n) is 3.87. The highest BCUT2D eigenvalue weighted by Crippen LogP contribution is 2.22. The average Bonchev–Trinajstić information content (AvgIpc) is 2.53. The molecule has 2 aromatic heterocycles. The summed E-state index contributed by atoms with van der Waals surface area (Å²) in [6, 6.07) is 4.01. The van der Waals surface area contributed by atoms with E-state index in [9.17, 15) is 0 Å². The Morgan fingerprint density at radius 1 is 0.864 bits per heavy atom. The molecule has 0 bridgehead atoms. The first-order chi connectivity index (χ1) is 10.5. The van der Waals surface area contributed by atoms with E-state index in [0.717, 1.165) is 48.9 Å². The zero-order chi connectivity index (χ0) is 15.7. The Kier molecular flexibility index (Phi) is 4.36. The third-order valence-corrected chi connectivity index (χ3v) is 4.64. The van der Waals surface area contributed by atoms with Crippen molar-refractivity contribution in [1.29, 1.82) is 0 Å². The van der Waals surface area contributed by atoms with Crippen LogP contribution in [0.2, 0.25) is 10.2 Å². The molecule has 22 heavy (non-hydrogen) atoms. The summed E-state index contributed by atoms with van der Waals surface area (Å²) in [5.41, 5.74) is 2.00. The van der Waals surface area contributed by atoms with Crippen LogP contribution in [0.15, 0.2) is 18.3 Å². The van der Waals surface area contributed by atoms with Gasteiger partial charge in [-0.05, 0) is 37.1 Å². The molecule has 0 aromatic carbocycles. The lowest BCUT2D eigenvalue weighted by atomic mass is 10.2. The van der Waals surface area contributed by atoms with Gasteiger partial charge < -0.3 is 9.80 Å². The first-order valence-electron chi connectivity index (χ1n) is 7.16. The van der Waals surface area contributed by atoms with Gasteiger partial charge in [-0.3, -0.25) is 0 Å². The maximum Gasteiger partial charge on any atom is 0.154 e. The molecule has 0 spiro atoms. The van der Waals surface area contributed by atoms with Crippen LogP contribution < -0.4 is 9.80 Å². The highest BCUT2D eigenvalue weighted by molar-refractivity contribution is 6.31. The largest absolute Gasteiger partial charge is 0.353 e. The van der Waals surface area contributed by atoms with E-state index in [2.05, 4.69) is 25.0 Å². The lowest BCUT2D eigenvalue weighted by Crippen LogP contribution is -2.47. The predicted molar refractivity (Wildman–Crippen MR) is 90.2 cm³/mol. The van der Waals surface area contributed by atoms with Gasteiger partial charge in [-0.15, -0.1) is 10.2 Å². The maximum absolute atomic E-state index is 6.04. The molecule has 1 aliphatic rings. The molecular formula is C15H17Cl2N5. The normalized spacial score (nSPS) is 15.3. The number of anilines is 2. The second-order valence-electron chi connectivity index (χ2n) is 5.44. The lowest BCUT2D eigenvalue weighted by Gasteiger charge is -2.36. The van der Waals surface area contributed by atoms with Crippen molar-refractivity contribution in [2.75, 3.05) is 36.0 Å². The van der Waals surface area contributed by atoms with Gasteiger partial charge in [-0.25, -0.2) is 4.98 Å². The minimum Gasteiger partial charge on any atom is -0.353 e. The van der Waals surface area contributed by atoms with Crippen LogP contribution in [0, 0.1) is 13.8 Å². The molecule has 0 unspecified atom stereocenters. The van der Waals surface area contributed by atoms with Gasteiger partial charge in [0.25, 0.3) is 0 Å². The number of nitrogens with zero attached hydrogens (tertiary/aromatic N) is 5. The topological polar surface area (TPSA) is 45.2 Å². The molecule has 3 rings (SSSR count). The molecule has 0 radical (unpaired) electrons. The number of pyridine rings is 1. The summed E-state index contributed by atoms with van der Waals surface area (Å²) in [4.78, 5) is 8.89. The molecule has 0 aliphatic carbocycles. The number of piperazine rings is 1. The predicted octanol–water partition coefficient (Wildman–Crippen LogP) is 3.12. The zero-order valence-electron chi connectivity index (χ0n) is 12.6. The van der Waals surface area contributed by atoms with Crippen LogP contribution in [0.25, 0.3) is 0 Å². The summed E-state index contributed by atoms with van der Waals surface area (Å²) in [5.74, 6) is 1.85. The molecule has 0 amide bonds. The summed E-state index contributed by atoms with van der Waals surface area (Å²) in [6.45, 7) is 7.46. The van der Waals surface area contributed by atoms with Gasteiger partial charge in [-0.1, -0.05) is 23.2 Å². The Hall–Kier alpha value is -1.59. The Morgan fingerprint density at radius 2 is 1.45 bits per heavy atom. The summed E-state index contributed by atoms with van der Waals surface area (Å²) in [5, 5.41) is 9.33. The summed E-state index contributed by atoms with van der Waals surface area (Å²) in [6.07, 6.45) is 1.71. The van der Waals surface area contributed by atoms with E-state index in [-0.39, 0.29) is 0 Å². The minimum absolute atomic E-state index is 0.461. The second kappa shape index (κ2) is 6.26. The van der Waals surface area contributed by atoms with E-state index in [1.807, 2.05) is 26.0 Å². The number of hydrogen-bond donors (Lipinski definition) is 0. The van der Waals surface area contributed by atoms with Crippen molar-refractivity contribution in [1.82, 2.24) is 15.2 Å². The highest BCUT2D eigenvalue weighted by atomic mass is 35.5. The van der Waals surface area contributed by atoms with Crippen molar-refractivity contribution in [3.8, 4) is 0 Å². The van der Waals surface area contributed by atoms with Crippen LogP contribution in [0.3, 0.4) is 0 Å². The van der Waals surface area contributed by atoms with Gasteiger partial charge in [0.15, 0.2) is 11.0 Å². The highest BCUT2D eigenvalue weighted by Gasteiger charge is 2.20. The van der Waals surface area contributed by atoms with Crippen LogP contribution in [0.5, 0.6) is 0 Å². The third kappa shape index (κ3) is 3.10. The van der Waals surface area contributed by atoms with Crippen molar-refractivity contribution in [2.24, 2.45) is 0 Å². The molecule has 0 atom stereocenters. The second-order valence-corrected chi connectivity index (χ2v) is 6.21. The van der Waals surface area contributed by atoms with Crippen LogP contribution in [0.4, 0.5) is 11.6 Å². The molecule has 1 aliphatic heterocycles. The minimum atomic E-state index is 0.461. The van der Waals surface area contributed by atoms with Gasteiger partial charge in [-0.2, -0.15) is 0 Å². The molecule has 1 saturated heterocycles. The van der Waals surface area contributed by atoms with Gasteiger partial charge in [0.2, 0.25) is 0 Å². The fourth-order valence-electron chi connectivity index (χ4n) is 2.47. The lowest BCUT2D eigenvalue weighted by molar-refractivity contribution is 0.637. The SMILES string of the molecule is Cc1cc(N2CCN(c3cc(C)c(Cl)nn3)CC2)ncc1Cl. The van der Waals surface area contributed by atoms with Gasteiger partial charge >= 0.3 is 0 Å². The van der Waals surface area contributed by atoms with Crippen molar-refractivity contribution >= 4 is 34.8 Å². The summed E-state index contributed by atoms with van der Waals surface area (Å²) in [7, 11) is 0. The van der Waals surface area contributed by atoms with Crippen molar-refractivity contribution < 1.29 is 0 Å². The molecule has 116 valence electrons. The quantitative estimate of drug-likeness (QED) is 0.842. The number of aromatic nitrogens is 3. The molecular weight excluding hydrogens is 321 g/mol. The molecule has 0 saturated carbocycles. The van der Waals surface area contributed by atoms with Crippen LogP contribution in [0.1, 0.15) is 11.1 Å². The van der Waals surface area contributed by atoms with Crippen LogP contribution in [-0.4, -0.2) is 41.4 Å². The average molecular weight is 338 g/mol. The molecule has 2 aromatic rings. The summed E-state index contributed by atoms with van der Waals surface area (Å²) >= 11 is 12.0. The van der Waals surface area contributed by atoms with Crippen LogP contribution >= 0.6 is 23.2 Å². The number of rotatable bonds is 2. The Balaban J connectivity index is 1.69. The van der Waals surface area contributed by atoms with E-state index >= 15 is 0 Å². The van der Waals surface area contributed by atoms with Crippen molar-refractivity contribution in [3.63, 3.8) is 0 Å². The van der Waals surface area contributed by atoms with Crippen molar-refractivity contribution in [3.05, 3.63) is 39.6 Å². The van der Waals surface area contributed by atoms with Gasteiger partial charge in [0, 0.05) is 32.4 Å². The van der Waals surface area contributed by atoms with E-state index in [1.54, 1.807) is 6.20 Å². The van der Waals surface area contributed by atoms with Crippen molar-refractivity contribution in [2.45, 2.75) is 13.8 Å². The molecule has 0 N–H and O–H groups in total. The fraction of sp³-hybridized carbons (Fsp3) is 0.400. The van der Waals surface area contributed by atoms with Gasteiger partial charge in [0.05, 0.1) is 5.02 Å². The number of halogens is 2.